The number of nitrogens with two attached hydrogens (primary N) is 1. The first kappa shape index (κ1) is 13.7. The molecule has 1 aromatic heterocycles. The largest absolute Gasteiger partial charge is 0.468 e. The summed E-state index contributed by atoms with van der Waals surface area (Å²) < 4.78 is 5.47. The van der Waals surface area contributed by atoms with Crippen LogP contribution in [0.4, 0.5) is 0 Å². The number of rotatable bonds is 8. The quantitative estimate of drug-likeness (QED) is 0.700. The van der Waals surface area contributed by atoms with E-state index in [0.29, 0.717) is 5.25 Å². The van der Waals surface area contributed by atoms with Crippen molar-refractivity contribution in [2.45, 2.75) is 50.8 Å². The molecule has 1 aromatic rings. The second-order valence-electron chi connectivity index (χ2n) is 4.09. The summed E-state index contributed by atoms with van der Waals surface area (Å²) in [6.07, 6.45) is 6.57. The molecule has 0 amide bonds. The summed E-state index contributed by atoms with van der Waals surface area (Å²) in [5, 5.41) is 0.317. The molecule has 2 nitrogen and oxygen atoms in total. The Labute approximate surface area is 103 Å². The van der Waals surface area contributed by atoms with E-state index in [4.69, 9.17) is 10.2 Å². The van der Waals surface area contributed by atoms with E-state index in [1.165, 1.54) is 25.0 Å². The fourth-order valence-corrected chi connectivity index (χ4v) is 3.01. The number of hydrogen-bond acceptors (Lipinski definition) is 3. The van der Waals surface area contributed by atoms with Gasteiger partial charge in [-0.05, 0) is 30.7 Å². The van der Waals surface area contributed by atoms with Crippen molar-refractivity contribution in [2.24, 2.45) is 5.73 Å². The maximum absolute atomic E-state index is 6.14. The standard InChI is InChI=1S/C13H23NOS/c1-3-5-6-10-16-13(11(14)4-2)12-8-7-9-15-12/h7-9,11,13H,3-6,10,14H2,1-2H3. The third-order valence-electron chi connectivity index (χ3n) is 2.73. The van der Waals surface area contributed by atoms with Crippen LogP contribution in [0.2, 0.25) is 0 Å². The summed E-state index contributed by atoms with van der Waals surface area (Å²) in [4.78, 5) is 0. The number of unbranched alkanes of at least 4 members (excludes halogenated alkanes) is 2. The smallest absolute Gasteiger partial charge is 0.118 e. The lowest BCUT2D eigenvalue weighted by molar-refractivity contribution is 0.473. The van der Waals surface area contributed by atoms with E-state index in [1.54, 1.807) is 6.26 Å². The predicted octanol–water partition coefficient (Wildman–Crippen LogP) is 3.98. The topological polar surface area (TPSA) is 39.2 Å². The second-order valence-corrected chi connectivity index (χ2v) is 5.34. The third kappa shape index (κ3) is 4.22. The van der Waals surface area contributed by atoms with Gasteiger partial charge in [-0.25, -0.2) is 0 Å². The van der Waals surface area contributed by atoms with Crippen LogP contribution in [-0.4, -0.2) is 11.8 Å². The van der Waals surface area contributed by atoms with Gasteiger partial charge in [-0.2, -0.15) is 0 Å². The highest BCUT2D eigenvalue weighted by Crippen LogP contribution is 2.33. The zero-order valence-electron chi connectivity index (χ0n) is 10.3. The normalized spacial score (nSPS) is 14.9. The maximum Gasteiger partial charge on any atom is 0.118 e. The summed E-state index contributed by atoms with van der Waals surface area (Å²) in [5.74, 6) is 2.20. The molecular formula is C13H23NOS. The van der Waals surface area contributed by atoms with Crippen LogP contribution in [0.15, 0.2) is 22.8 Å². The Balaban J connectivity index is 2.45. The zero-order valence-corrected chi connectivity index (χ0v) is 11.1. The van der Waals surface area contributed by atoms with Crippen LogP contribution in [-0.2, 0) is 0 Å². The van der Waals surface area contributed by atoms with Crippen LogP contribution in [0, 0.1) is 0 Å². The highest BCUT2D eigenvalue weighted by Gasteiger charge is 2.21. The minimum atomic E-state index is 0.192. The Bertz CT molecular complexity index is 261. The highest BCUT2D eigenvalue weighted by atomic mass is 32.2. The Morgan fingerprint density at radius 2 is 2.19 bits per heavy atom. The van der Waals surface area contributed by atoms with Gasteiger partial charge in [0.05, 0.1) is 11.5 Å². The van der Waals surface area contributed by atoms with E-state index in [1.807, 2.05) is 23.9 Å². The molecule has 0 bridgehead atoms. The molecule has 0 aliphatic heterocycles. The van der Waals surface area contributed by atoms with Gasteiger partial charge in [0.25, 0.3) is 0 Å². The maximum atomic E-state index is 6.14. The van der Waals surface area contributed by atoms with Gasteiger partial charge in [0, 0.05) is 6.04 Å². The van der Waals surface area contributed by atoms with Crippen molar-refractivity contribution in [3.8, 4) is 0 Å². The van der Waals surface area contributed by atoms with Gasteiger partial charge in [0.15, 0.2) is 0 Å². The van der Waals surface area contributed by atoms with Crippen LogP contribution in [0.25, 0.3) is 0 Å². The number of furan rings is 1. The van der Waals surface area contributed by atoms with E-state index in [0.717, 1.165) is 12.2 Å². The minimum absolute atomic E-state index is 0.192. The van der Waals surface area contributed by atoms with Gasteiger partial charge in [-0.1, -0.05) is 26.7 Å². The summed E-state index contributed by atoms with van der Waals surface area (Å²) in [6.45, 7) is 4.36. The predicted molar refractivity (Wildman–Crippen MR) is 71.7 cm³/mol. The average molecular weight is 241 g/mol. The van der Waals surface area contributed by atoms with Gasteiger partial charge in [-0.15, -0.1) is 11.8 Å². The van der Waals surface area contributed by atoms with Crippen molar-refractivity contribution in [2.75, 3.05) is 5.75 Å². The molecule has 0 spiro atoms. The summed E-state index contributed by atoms with van der Waals surface area (Å²) in [6, 6.07) is 4.17. The molecule has 92 valence electrons. The lowest BCUT2D eigenvalue weighted by atomic mass is 10.1. The van der Waals surface area contributed by atoms with E-state index < -0.39 is 0 Å². The first-order valence-corrected chi connectivity index (χ1v) is 7.25. The Morgan fingerprint density at radius 3 is 2.75 bits per heavy atom. The van der Waals surface area contributed by atoms with Crippen molar-refractivity contribution in [1.82, 2.24) is 0 Å². The third-order valence-corrected chi connectivity index (χ3v) is 4.19. The first-order valence-electron chi connectivity index (χ1n) is 6.20. The minimum Gasteiger partial charge on any atom is -0.468 e. The van der Waals surface area contributed by atoms with Crippen LogP contribution in [0.5, 0.6) is 0 Å². The van der Waals surface area contributed by atoms with Gasteiger partial charge in [0.1, 0.15) is 5.76 Å². The lowest BCUT2D eigenvalue weighted by Crippen LogP contribution is -2.25. The van der Waals surface area contributed by atoms with E-state index in [2.05, 4.69) is 13.8 Å². The van der Waals surface area contributed by atoms with E-state index >= 15 is 0 Å². The molecular weight excluding hydrogens is 218 g/mol. The number of thioether (sulfide) groups is 1. The van der Waals surface area contributed by atoms with Gasteiger partial charge < -0.3 is 10.2 Å². The van der Waals surface area contributed by atoms with E-state index in [-0.39, 0.29) is 6.04 Å². The van der Waals surface area contributed by atoms with Crippen molar-refractivity contribution >= 4 is 11.8 Å². The molecule has 0 aliphatic carbocycles. The fraction of sp³-hybridized carbons (Fsp3) is 0.692. The van der Waals surface area contributed by atoms with Crippen LogP contribution in [0.3, 0.4) is 0 Å². The van der Waals surface area contributed by atoms with Crippen molar-refractivity contribution < 1.29 is 4.42 Å². The molecule has 2 N–H and O–H groups in total. The van der Waals surface area contributed by atoms with Crippen molar-refractivity contribution in [3.63, 3.8) is 0 Å². The summed E-state index contributed by atoms with van der Waals surface area (Å²) in [7, 11) is 0. The zero-order chi connectivity index (χ0) is 11.8. The van der Waals surface area contributed by atoms with Crippen LogP contribution >= 0.6 is 11.8 Å². The Hall–Kier alpha value is -0.410. The molecule has 0 saturated carbocycles. The average Bonchev–Trinajstić information content (AvgIpc) is 2.82. The lowest BCUT2D eigenvalue weighted by Gasteiger charge is -2.20. The summed E-state index contributed by atoms with van der Waals surface area (Å²) in [5.41, 5.74) is 6.14. The molecule has 2 unspecified atom stereocenters. The monoisotopic (exact) mass is 241 g/mol. The molecule has 1 heterocycles. The molecule has 2 atom stereocenters. The summed E-state index contributed by atoms with van der Waals surface area (Å²) >= 11 is 1.93. The SMILES string of the molecule is CCCCCSC(c1ccco1)C(N)CC. The molecule has 3 heteroatoms. The molecule has 0 aromatic carbocycles. The van der Waals surface area contributed by atoms with Crippen molar-refractivity contribution in [1.29, 1.82) is 0 Å². The molecule has 0 radical (unpaired) electrons. The Kier molecular flexibility index (Phi) is 6.65. The molecule has 0 aliphatic rings. The first-order chi connectivity index (χ1) is 7.79. The van der Waals surface area contributed by atoms with E-state index in [9.17, 15) is 0 Å². The fourth-order valence-electron chi connectivity index (χ4n) is 1.65. The van der Waals surface area contributed by atoms with Gasteiger partial charge in [0.2, 0.25) is 0 Å². The molecule has 1 rings (SSSR count). The molecule has 16 heavy (non-hydrogen) atoms. The van der Waals surface area contributed by atoms with Crippen LogP contribution in [0.1, 0.15) is 50.5 Å². The van der Waals surface area contributed by atoms with Gasteiger partial charge >= 0.3 is 0 Å². The Morgan fingerprint density at radius 1 is 1.38 bits per heavy atom. The highest BCUT2D eigenvalue weighted by molar-refractivity contribution is 7.99. The van der Waals surface area contributed by atoms with Crippen LogP contribution < -0.4 is 5.73 Å². The second kappa shape index (κ2) is 7.80. The van der Waals surface area contributed by atoms with Crippen molar-refractivity contribution in [3.05, 3.63) is 24.2 Å². The molecule has 0 fully saturated rings. The number of hydrogen-bond donors (Lipinski definition) is 1. The molecule has 0 saturated heterocycles. The van der Waals surface area contributed by atoms with Gasteiger partial charge in [-0.3, -0.25) is 0 Å².